The Balaban J connectivity index is 1.67. The summed E-state index contributed by atoms with van der Waals surface area (Å²) in [4.78, 5) is 39.7. The van der Waals surface area contributed by atoms with Crippen LogP contribution in [-0.2, 0) is 4.79 Å². The summed E-state index contributed by atoms with van der Waals surface area (Å²) in [6.07, 6.45) is 6.24. The standard InChI is InChI=1S/C20H25N3O5/c24-19(22-15-6-2-1-5-13(15)11-18(22)20(25)26)14-7-8-16(17(12-14)23(27)28)21-9-3-4-10-21/h7-8,12-13,15,18H,1-6,9-11H2,(H,25,26). The highest BCUT2D eigenvalue weighted by Gasteiger charge is 2.47. The third-order valence-corrected chi connectivity index (χ3v) is 6.47. The minimum absolute atomic E-state index is 0.0836. The lowest BCUT2D eigenvalue weighted by molar-refractivity contribution is -0.384. The van der Waals surface area contributed by atoms with Gasteiger partial charge in [-0.2, -0.15) is 0 Å². The molecule has 0 spiro atoms. The summed E-state index contributed by atoms with van der Waals surface area (Å²) in [6, 6.07) is 3.64. The number of benzene rings is 1. The lowest BCUT2D eigenvalue weighted by atomic mass is 9.84. The number of anilines is 1. The second-order valence-corrected chi connectivity index (χ2v) is 8.07. The summed E-state index contributed by atoms with van der Waals surface area (Å²) in [7, 11) is 0. The molecule has 1 aromatic carbocycles. The Morgan fingerprint density at radius 1 is 1.11 bits per heavy atom. The lowest BCUT2D eigenvalue weighted by Crippen LogP contribution is -2.46. The average Bonchev–Trinajstić information content (AvgIpc) is 3.34. The van der Waals surface area contributed by atoms with Gasteiger partial charge in [0.15, 0.2) is 0 Å². The maximum Gasteiger partial charge on any atom is 0.326 e. The summed E-state index contributed by atoms with van der Waals surface area (Å²) < 4.78 is 0. The molecule has 4 rings (SSSR count). The van der Waals surface area contributed by atoms with E-state index in [0.717, 1.165) is 51.6 Å². The highest BCUT2D eigenvalue weighted by atomic mass is 16.6. The van der Waals surface area contributed by atoms with Crippen molar-refractivity contribution in [3.8, 4) is 0 Å². The van der Waals surface area contributed by atoms with Gasteiger partial charge in [0.2, 0.25) is 0 Å². The number of hydrogen-bond acceptors (Lipinski definition) is 5. The molecule has 1 N–H and O–H groups in total. The second-order valence-electron chi connectivity index (χ2n) is 8.07. The van der Waals surface area contributed by atoms with Crippen molar-refractivity contribution in [2.45, 2.75) is 57.0 Å². The number of nitro groups is 1. The number of carbonyl (C=O) groups excluding carboxylic acids is 1. The van der Waals surface area contributed by atoms with E-state index in [1.807, 2.05) is 4.90 Å². The van der Waals surface area contributed by atoms with Gasteiger partial charge in [-0.05, 0) is 50.2 Å². The maximum absolute atomic E-state index is 13.3. The van der Waals surface area contributed by atoms with Crippen molar-refractivity contribution >= 4 is 23.3 Å². The highest BCUT2D eigenvalue weighted by molar-refractivity contribution is 5.98. The minimum atomic E-state index is -0.995. The molecule has 2 heterocycles. The predicted octanol–water partition coefficient (Wildman–Crippen LogP) is 3.05. The van der Waals surface area contributed by atoms with Crippen LogP contribution in [0.3, 0.4) is 0 Å². The number of aliphatic carboxylic acids is 1. The van der Waals surface area contributed by atoms with Gasteiger partial charge in [0.1, 0.15) is 11.7 Å². The monoisotopic (exact) mass is 387 g/mol. The molecule has 2 saturated heterocycles. The number of hydrogen-bond donors (Lipinski definition) is 1. The van der Waals surface area contributed by atoms with Crippen LogP contribution in [0.25, 0.3) is 0 Å². The molecule has 1 aliphatic carbocycles. The van der Waals surface area contributed by atoms with Crippen LogP contribution in [0.2, 0.25) is 0 Å². The van der Waals surface area contributed by atoms with Crippen LogP contribution in [0.1, 0.15) is 55.3 Å². The Labute approximate surface area is 163 Å². The van der Waals surface area contributed by atoms with Crippen molar-refractivity contribution in [3.05, 3.63) is 33.9 Å². The van der Waals surface area contributed by atoms with Crippen LogP contribution in [0.5, 0.6) is 0 Å². The van der Waals surface area contributed by atoms with E-state index >= 15 is 0 Å². The van der Waals surface area contributed by atoms with E-state index < -0.39 is 22.8 Å². The molecule has 8 nitrogen and oxygen atoms in total. The molecule has 3 fully saturated rings. The zero-order chi connectivity index (χ0) is 19.8. The molecule has 0 radical (unpaired) electrons. The molecule has 0 aromatic heterocycles. The van der Waals surface area contributed by atoms with E-state index in [4.69, 9.17) is 0 Å². The highest BCUT2D eigenvalue weighted by Crippen LogP contribution is 2.41. The number of rotatable bonds is 4. The molecule has 8 heteroatoms. The van der Waals surface area contributed by atoms with Crippen molar-refractivity contribution in [2.24, 2.45) is 5.92 Å². The molecule has 0 bridgehead atoms. The lowest BCUT2D eigenvalue weighted by Gasteiger charge is -2.33. The van der Waals surface area contributed by atoms with E-state index in [9.17, 15) is 24.8 Å². The fourth-order valence-corrected chi connectivity index (χ4v) is 5.15. The van der Waals surface area contributed by atoms with Crippen molar-refractivity contribution in [1.82, 2.24) is 4.90 Å². The van der Waals surface area contributed by atoms with Crippen LogP contribution in [0.4, 0.5) is 11.4 Å². The average molecular weight is 387 g/mol. The van der Waals surface area contributed by atoms with Crippen molar-refractivity contribution in [2.75, 3.05) is 18.0 Å². The molecular formula is C20H25N3O5. The first kappa shape index (κ1) is 18.7. The number of carboxylic acid groups (broad SMARTS) is 1. The van der Waals surface area contributed by atoms with E-state index in [-0.39, 0.29) is 23.2 Å². The number of nitro benzene ring substituents is 1. The van der Waals surface area contributed by atoms with E-state index in [1.165, 1.54) is 11.0 Å². The zero-order valence-corrected chi connectivity index (χ0v) is 15.7. The number of nitrogens with zero attached hydrogens (tertiary/aromatic N) is 3. The minimum Gasteiger partial charge on any atom is -0.480 e. The van der Waals surface area contributed by atoms with Gasteiger partial charge in [0.05, 0.1) is 4.92 Å². The fraction of sp³-hybridized carbons (Fsp3) is 0.600. The van der Waals surface area contributed by atoms with Gasteiger partial charge in [-0.15, -0.1) is 0 Å². The summed E-state index contributed by atoms with van der Waals surface area (Å²) in [5.74, 6) is -1.19. The fourth-order valence-electron chi connectivity index (χ4n) is 5.15. The van der Waals surface area contributed by atoms with E-state index in [2.05, 4.69) is 0 Å². The second kappa shape index (κ2) is 7.41. The van der Waals surface area contributed by atoms with E-state index in [0.29, 0.717) is 12.1 Å². The maximum atomic E-state index is 13.3. The molecule has 1 amide bonds. The van der Waals surface area contributed by atoms with Crippen LogP contribution in [0.15, 0.2) is 18.2 Å². The molecule has 3 atom stereocenters. The van der Waals surface area contributed by atoms with Gasteiger partial charge < -0.3 is 14.9 Å². The summed E-state index contributed by atoms with van der Waals surface area (Å²) in [5.41, 5.74) is 0.650. The summed E-state index contributed by atoms with van der Waals surface area (Å²) >= 11 is 0. The van der Waals surface area contributed by atoms with Gasteiger partial charge in [-0.3, -0.25) is 14.9 Å². The topological polar surface area (TPSA) is 104 Å². The van der Waals surface area contributed by atoms with Crippen molar-refractivity contribution in [1.29, 1.82) is 0 Å². The van der Waals surface area contributed by atoms with Gasteiger partial charge in [-0.25, -0.2) is 4.79 Å². The number of fused-ring (bicyclic) bond motifs is 1. The first-order valence-corrected chi connectivity index (χ1v) is 10.1. The molecule has 28 heavy (non-hydrogen) atoms. The Hall–Kier alpha value is -2.64. The quantitative estimate of drug-likeness (QED) is 0.629. The third-order valence-electron chi connectivity index (χ3n) is 6.47. The molecule has 2 aliphatic heterocycles. The SMILES string of the molecule is O=C(O)C1CC2CCCCC2N1C(=O)c1ccc(N2CCCC2)c([N+](=O)[O-])c1. The molecule has 3 aliphatic rings. The number of amides is 1. The molecular weight excluding hydrogens is 362 g/mol. The van der Waals surface area contributed by atoms with Crippen LogP contribution < -0.4 is 4.90 Å². The molecule has 150 valence electrons. The normalized spacial score (nSPS) is 26.9. The first-order valence-electron chi connectivity index (χ1n) is 10.1. The summed E-state index contributed by atoms with van der Waals surface area (Å²) in [6.45, 7) is 1.54. The Morgan fingerprint density at radius 3 is 2.50 bits per heavy atom. The number of carboxylic acids is 1. The third kappa shape index (κ3) is 3.21. The number of carbonyl (C=O) groups is 2. The predicted molar refractivity (Wildman–Crippen MR) is 102 cm³/mol. The molecule has 1 aromatic rings. The van der Waals surface area contributed by atoms with Crippen molar-refractivity contribution < 1.29 is 19.6 Å². The van der Waals surface area contributed by atoms with Crippen molar-refractivity contribution in [3.63, 3.8) is 0 Å². The van der Waals surface area contributed by atoms with Gasteiger partial charge in [-0.1, -0.05) is 12.8 Å². The van der Waals surface area contributed by atoms with E-state index in [1.54, 1.807) is 12.1 Å². The first-order chi connectivity index (χ1) is 13.5. The Kier molecular flexibility index (Phi) is 4.95. The van der Waals surface area contributed by atoms with Crippen LogP contribution >= 0.6 is 0 Å². The number of likely N-dealkylation sites (tertiary alicyclic amines) is 1. The van der Waals surface area contributed by atoms with Gasteiger partial charge >= 0.3 is 5.97 Å². The van der Waals surface area contributed by atoms with Crippen LogP contribution in [-0.4, -0.2) is 52.0 Å². The summed E-state index contributed by atoms with van der Waals surface area (Å²) in [5, 5.41) is 21.3. The van der Waals surface area contributed by atoms with Gasteiger partial charge in [0.25, 0.3) is 11.6 Å². The smallest absolute Gasteiger partial charge is 0.326 e. The Bertz CT molecular complexity index is 805. The Morgan fingerprint density at radius 2 is 1.82 bits per heavy atom. The largest absolute Gasteiger partial charge is 0.480 e. The van der Waals surface area contributed by atoms with Crippen LogP contribution in [0, 0.1) is 16.0 Å². The molecule has 1 saturated carbocycles. The zero-order valence-electron chi connectivity index (χ0n) is 15.7. The van der Waals surface area contributed by atoms with Gasteiger partial charge in [0, 0.05) is 30.8 Å². The molecule has 3 unspecified atom stereocenters.